The van der Waals surface area contributed by atoms with E-state index in [2.05, 4.69) is 16.2 Å². The van der Waals surface area contributed by atoms with Crippen LogP contribution < -0.4 is 16.2 Å². The SMILES string of the molecule is O=C(CNC(=O)c1ccc(F)cc1)NNC(=O)c1ccc(C(=O)c2ccccc2)cc1. The number of rotatable bonds is 6. The molecule has 0 aliphatic rings. The van der Waals surface area contributed by atoms with Gasteiger partial charge in [0.1, 0.15) is 5.82 Å². The lowest BCUT2D eigenvalue weighted by atomic mass is 10.0. The van der Waals surface area contributed by atoms with Crippen molar-refractivity contribution in [3.63, 3.8) is 0 Å². The van der Waals surface area contributed by atoms with Gasteiger partial charge in [-0.2, -0.15) is 0 Å². The largest absolute Gasteiger partial charge is 0.343 e. The summed E-state index contributed by atoms with van der Waals surface area (Å²) in [7, 11) is 0. The van der Waals surface area contributed by atoms with Gasteiger partial charge in [-0.25, -0.2) is 4.39 Å². The smallest absolute Gasteiger partial charge is 0.269 e. The van der Waals surface area contributed by atoms with Crippen molar-refractivity contribution in [1.82, 2.24) is 16.2 Å². The van der Waals surface area contributed by atoms with Crippen LogP contribution in [0.15, 0.2) is 78.9 Å². The summed E-state index contributed by atoms with van der Waals surface area (Å²) in [5.41, 5.74) is 5.80. The van der Waals surface area contributed by atoms with Crippen LogP contribution in [-0.4, -0.2) is 30.0 Å². The van der Waals surface area contributed by atoms with E-state index in [0.717, 1.165) is 12.1 Å². The molecule has 7 nitrogen and oxygen atoms in total. The summed E-state index contributed by atoms with van der Waals surface area (Å²) in [5.74, 6) is -2.44. The van der Waals surface area contributed by atoms with Crippen molar-refractivity contribution in [2.45, 2.75) is 0 Å². The van der Waals surface area contributed by atoms with Gasteiger partial charge in [0.2, 0.25) is 0 Å². The first-order chi connectivity index (χ1) is 14.9. The number of carbonyl (C=O) groups is 4. The number of hydrogen-bond acceptors (Lipinski definition) is 4. The van der Waals surface area contributed by atoms with Crippen LogP contribution in [0.1, 0.15) is 36.6 Å². The van der Waals surface area contributed by atoms with Crippen molar-refractivity contribution in [1.29, 1.82) is 0 Å². The molecular weight excluding hydrogens is 401 g/mol. The summed E-state index contributed by atoms with van der Waals surface area (Å²) < 4.78 is 12.9. The van der Waals surface area contributed by atoms with Crippen LogP contribution in [0, 0.1) is 5.82 Å². The molecule has 0 aliphatic carbocycles. The Kier molecular flexibility index (Phi) is 6.85. The van der Waals surface area contributed by atoms with Gasteiger partial charge < -0.3 is 5.32 Å². The van der Waals surface area contributed by atoms with E-state index < -0.39 is 23.5 Å². The second-order valence-corrected chi connectivity index (χ2v) is 6.46. The number of halogens is 1. The highest BCUT2D eigenvalue weighted by Gasteiger charge is 2.12. The zero-order valence-electron chi connectivity index (χ0n) is 16.2. The predicted octanol–water partition coefficient (Wildman–Crippen LogP) is 2.25. The predicted molar refractivity (Wildman–Crippen MR) is 111 cm³/mol. The number of hydrazine groups is 1. The molecule has 8 heteroatoms. The molecule has 3 aromatic rings. The fraction of sp³-hybridized carbons (Fsp3) is 0.0435. The molecule has 0 spiro atoms. The molecule has 0 unspecified atom stereocenters. The summed E-state index contributed by atoms with van der Waals surface area (Å²) in [4.78, 5) is 48.2. The molecule has 0 aliphatic heterocycles. The topological polar surface area (TPSA) is 104 Å². The molecule has 0 fully saturated rings. The second-order valence-electron chi connectivity index (χ2n) is 6.46. The molecule has 0 aromatic heterocycles. The minimum Gasteiger partial charge on any atom is -0.343 e. The summed E-state index contributed by atoms with van der Waals surface area (Å²) in [5, 5.41) is 2.35. The molecule has 0 atom stereocenters. The molecular formula is C23H18FN3O4. The zero-order chi connectivity index (χ0) is 22.2. The third-order valence-electron chi connectivity index (χ3n) is 4.28. The third-order valence-corrected chi connectivity index (χ3v) is 4.28. The van der Waals surface area contributed by atoms with Gasteiger partial charge in [0, 0.05) is 22.3 Å². The van der Waals surface area contributed by atoms with Gasteiger partial charge in [-0.05, 0) is 36.4 Å². The van der Waals surface area contributed by atoms with Crippen molar-refractivity contribution in [2.24, 2.45) is 0 Å². The fourth-order valence-corrected chi connectivity index (χ4v) is 2.64. The van der Waals surface area contributed by atoms with E-state index >= 15 is 0 Å². The van der Waals surface area contributed by atoms with E-state index in [-0.39, 0.29) is 23.5 Å². The maximum Gasteiger partial charge on any atom is 0.269 e. The third kappa shape index (κ3) is 5.83. The van der Waals surface area contributed by atoms with Crippen LogP contribution in [0.3, 0.4) is 0 Å². The molecule has 0 saturated carbocycles. The van der Waals surface area contributed by atoms with Crippen molar-refractivity contribution in [3.8, 4) is 0 Å². The van der Waals surface area contributed by atoms with Crippen molar-refractivity contribution in [2.75, 3.05) is 6.54 Å². The quantitative estimate of drug-likeness (QED) is 0.421. The number of nitrogens with one attached hydrogen (secondary N) is 3. The number of ketones is 1. The standard InChI is InChI=1S/C23H18FN3O4/c24-19-12-10-17(11-13-19)22(30)25-14-20(28)26-27-23(31)18-8-6-16(7-9-18)21(29)15-4-2-1-3-5-15/h1-13H,14H2,(H,25,30)(H,26,28)(H,27,31). The van der Waals surface area contributed by atoms with Crippen molar-refractivity contribution >= 4 is 23.5 Å². The lowest BCUT2D eigenvalue weighted by molar-refractivity contribution is -0.120. The molecule has 3 N–H and O–H groups in total. The fourth-order valence-electron chi connectivity index (χ4n) is 2.64. The highest BCUT2D eigenvalue weighted by atomic mass is 19.1. The first-order valence-corrected chi connectivity index (χ1v) is 9.27. The molecule has 3 aromatic carbocycles. The van der Waals surface area contributed by atoms with E-state index in [1.54, 1.807) is 24.3 Å². The van der Waals surface area contributed by atoms with E-state index in [9.17, 15) is 23.6 Å². The minimum atomic E-state index is -0.653. The molecule has 156 valence electrons. The van der Waals surface area contributed by atoms with Crippen LogP contribution in [0.25, 0.3) is 0 Å². The number of hydrogen-bond donors (Lipinski definition) is 3. The van der Waals surface area contributed by atoms with Crippen LogP contribution in [0.5, 0.6) is 0 Å². The van der Waals surface area contributed by atoms with Crippen LogP contribution >= 0.6 is 0 Å². The van der Waals surface area contributed by atoms with Crippen molar-refractivity contribution in [3.05, 3.63) is 107 Å². The van der Waals surface area contributed by atoms with Gasteiger partial charge in [-0.1, -0.05) is 42.5 Å². The monoisotopic (exact) mass is 419 g/mol. The summed E-state index contributed by atoms with van der Waals surface area (Å²) in [6, 6.07) is 19.6. The summed E-state index contributed by atoms with van der Waals surface area (Å²) >= 11 is 0. The van der Waals surface area contributed by atoms with Gasteiger partial charge >= 0.3 is 0 Å². The van der Waals surface area contributed by atoms with Crippen LogP contribution in [-0.2, 0) is 4.79 Å². The maximum atomic E-state index is 12.9. The van der Waals surface area contributed by atoms with E-state index in [4.69, 9.17) is 0 Å². The molecule has 0 bridgehead atoms. The highest BCUT2D eigenvalue weighted by Crippen LogP contribution is 2.11. The average Bonchev–Trinajstić information content (AvgIpc) is 2.81. The lowest BCUT2D eigenvalue weighted by Crippen LogP contribution is -2.46. The Balaban J connectivity index is 1.47. The van der Waals surface area contributed by atoms with Gasteiger partial charge in [0.15, 0.2) is 5.78 Å². The minimum absolute atomic E-state index is 0.169. The first kappa shape index (κ1) is 21.4. The Hall–Kier alpha value is -4.33. The highest BCUT2D eigenvalue weighted by molar-refractivity contribution is 6.09. The molecule has 31 heavy (non-hydrogen) atoms. The Morgan fingerprint density at radius 1 is 0.613 bits per heavy atom. The van der Waals surface area contributed by atoms with Crippen LogP contribution in [0.2, 0.25) is 0 Å². The maximum absolute atomic E-state index is 12.9. The van der Waals surface area contributed by atoms with Gasteiger partial charge in [-0.3, -0.25) is 30.0 Å². The molecule has 3 amide bonds. The van der Waals surface area contributed by atoms with Crippen LogP contribution in [0.4, 0.5) is 4.39 Å². The lowest BCUT2D eigenvalue weighted by Gasteiger charge is -2.09. The Morgan fingerprint density at radius 2 is 1.13 bits per heavy atom. The Bertz CT molecular complexity index is 1100. The number of carbonyl (C=O) groups excluding carboxylic acids is 4. The molecule has 0 radical (unpaired) electrons. The van der Waals surface area contributed by atoms with E-state index in [0.29, 0.717) is 11.1 Å². The van der Waals surface area contributed by atoms with Crippen molar-refractivity contribution < 1.29 is 23.6 Å². The molecule has 0 saturated heterocycles. The number of amides is 3. The summed E-state index contributed by atoms with van der Waals surface area (Å²) in [6.07, 6.45) is 0. The number of benzene rings is 3. The Morgan fingerprint density at radius 3 is 1.77 bits per heavy atom. The van der Waals surface area contributed by atoms with Gasteiger partial charge in [0.25, 0.3) is 17.7 Å². The molecule has 3 rings (SSSR count). The van der Waals surface area contributed by atoms with E-state index in [1.165, 1.54) is 36.4 Å². The summed E-state index contributed by atoms with van der Waals surface area (Å²) in [6.45, 7) is -0.388. The Labute approximate surface area is 177 Å². The average molecular weight is 419 g/mol. The zero-order valence-corrected chi connectivity index (χ0v) is 16.2. The van der Waals surface area contributed by atoms with Gasteiger partial charge in [-0.15, -0.1) is 0 Å². The normalized spacial score (nSPS) is 10.1. The van der Waals surface area contributed by atoms with Gasteiger partial charge in [0.05, 0.1) is 6.54 Å². The van der Waals surface area contributed by atoms with E-state index in [1.807, 2.05) is 6.07 Å². The first-order valence-electron chi connectivity index (χ1n) is 9.27. The second kappa shape index (κ2) is 9.93. The molecule has 0 heterocycles.